The van der Waals surface area contributed by atoms with E-state index in [-0.39, 0.29) is 5.56 Å². The molecule has 1 aliphatic rings. The fourth-order valence-electron chi connectivity index (χ4n) is 3.25. The lowest BCUT2D eigenvalue weighted by atomic mass is 10.1. The molecule has 2 unspecified atom stereocenters. The molecule has 0 saturated carbocycles. The van der Waals surface area contributed by atoms with E-state index in [9.17, 15) is 13.9 Å². The number of likely N-dealkylation sites (tertiary alicyclic amines) is 1. The molecular weight excluding hydrogens is 324 g/mol. The van der Waals surface area contributed by atoms with Crippen LogP contribution in [0.3, 0.4) is 0 Å². The van der Waals surface area contributed by atoms with Crippen molar-refractivity contribution in [2.24, 2.45) is 5.92 Å². The summed E-state index contributed by atoms with van der Waals surface area (Å²) in [6.45, 7) is 3.28. The van der Waals surface area contributed by atoms with Gasteiger partial charge in [0.2, 0.25) is 0 Å². The van der Waals surface area contributed by atoms with E-state index in [0.717, 1.165) is 31.1 Å². The van der Waals surface area contributed by atoms with Gasteiger partial charge in [0.1, 0.15) is 11.6 Å². The molecule has 25 heavy (non-hydrogen) atoms. The summed E-state index contributed by atoms with van der Waals surface area (Å²) in [5, 5.41) is 10.2. The van der Waals surface area contributed by atoms with Crippen molar-refractivity contribution < 1.29 is 18.6 Å². The Labute approximate surface area is 146 Å². The van der Waals surface area contributed by atoms with Gasteiger partial charge in [-0.15, -0.1) is 0 Å². The van der Waals surface area contributed by atoms with Gasteiger partial charge in [-0.1, -0.05) is 36.4 Å². The topological polar surface area (TPSA) is 32.7 Å². The summed E-state index contributed by atoms with van der Waals surface area (Å²) in [4.78, 5) is 2.10. The van der Waals surface area contributed by atoms with Crippen LogP contribution in [0.2, 0.25) is 0 Å². The number of ether oxygens (including phenoxy) is 1. The smallest absolute Gasteiger partial charge is 0.131 e. The van der Waals surface area contributed by atoms with E-state index in [0.29, 0.717) is 25.7 Å². The third-order valence-electron chi connectivity index (χ3n) is 4.59. The molecule has 0 aromatic heterocycles. The average molecular weight is 347 g/mol. The van der Waals surface area contributed by atoms with Crippen LogP contribution < -0.4 is 0 Å². The Bertz CT molecular complexity index is 681. The minimum Gasteiger partial charge on any atom is -0.387 e. The molecule has 0 spiro atoms. The molecule has 5 heteroatoms. The van der Waals surface area contributed by atoms with Crippen LogP contribution in [0.4, 0.5) is 8.78 Å². The molecule has 1 saturated heterocycles. The summed E-state index contributed by atoms with van der Waals surface area (Å²) in [7, 11) is 0. The number of hydrogen-bond acceptors (Lipinski definition) is 3. The molecule has 1 N–H and O–H groups in total. The Kier molecular flexibility index (Phi) is 6.13. The zero-order chi connectivity index (χ0) is 17.6. The first-order valence-corrected chi connectivity index (χ1v) is 8.59. The van der Waals surface area contributed by atoms with Gasteiger partial charge in [-0.25, -0.2) is 8.78 Å². The van der Waals surface area contributed by atoms with E-state index in [1.807, 2.05) is 30.3 Å². The predicted octanol–water partition coefficient (Wildman–Crippen LogP) is 3.54. The Morgan fingerprint density at radius 3 is 2.72 bits per heavy atom. The minimum absolute atomic E-state index is 0.144. The Balaban J connectivity index is 1.43. The second-order valence-corrected chi connectivity index (χ2v) is 6.60. The number of benzene rings is 2. The first-order valence-electron chi connectivity index (χ1n) is 8.59. The van der Waals surface area contributed by atoms with Gasteiger partial charge >= 0.3 is 0 Å². The van der Waals surface area contributed by atoms with Crippen LogP contribution in [-0.2, 0) is 11.3 Å². The number of hydrogen-bond donors (Lipinski definition) is 1. The van der Waals surface area contributed by atoms with Crippen molar-refractivity contribution in [2.75, 3.05) is 26.2 Å². The van der Waals surface area contributed by atoms with Crippen molar-refractivity contribution in [3.8, 4) is 0 Å². The average Bonchev–Trinajstić information content (AvgIpc) is 3.03. The third kappa shape index (κ3) is 5.08. The Hall–Kier alpha value is -1.82. The van der Waals surface area contributed by atoms with E-state index in [1.165, 1.54) is 12.1 Å². The van der Waals surface area contributed by atoms with Gasteiger partial charge in [-0.3, -0.25) is 0 Å². The first kappa shape index (κ1) is 18.0. The van der Waals surface area contributed by atoms with E-state index in [1.54, 1.807) is 0 Å². The largest absolute Gasteiger partial charge is 0.387 e. The molecule has 0 radical (unpaired) electrons. The lowest BCUT2D eigenvalue weighted by molar-refractivity contribution is 0.0826. The van der Waals surface area contributed by atoms with Gasteiger partial charge in [0.05, 0.1) is 19.3 Å². The second kappa shape index (κ2) is 8.52. The number of aliphatic hydroxyl groups excluding tert-OH is 1. The highest BCUT2D eigenvalue weighted by Gasteiger charge is 2.25. The molecule has 134 valence electrons. The molecule has 1 aliphatic heterocycles. The summed E-state index contributed by atoms with van der Waals surface area (Å²) in [6, 6.07) is 13.3. The van der Waals surface area contributed by atoms with Crippen molar-refractivity contribution in [2.45, 2.75) is 19.1 Å². The minimum atomic E-state index is -0.954. The van der Waals surface area contributed by atoms with E-state index in [2.05, 4.69) is 4.90 Å². The summed E-state index contributed by atoms with van der Waals surface area (Å²) < 4.78 is 32.5. The normalized spacial score (nSPS) is 19.2. The highest BCUT2D eigenvalue weighted by molar-refractivity contribution is 5.21. The van der Waals surface area contributed by atoms with Crippen LogP contribution in [0.1, 0.15) is 23.7 Å². The molecule has 1 fully saturated rings. The quantitative estimate of drug-likeness (QED) is 0.832. The van der Waals surface area contributed by atoms with Crippen molar-refractivity contribution in [1.82, 2.24) is 4.90 Å². The number of aliphatic hydroxyl groups is 1. The van der Waals surface area contributed by atoms with Gasteiger partial charge in [0.15, 0.2) is 0 Å². The van der Waals surface area contributed by atoms with E-state index < -0.39 is 17.7 Å². The molecule has 2 aromatic carbocycles. The highest BCUT2D eigenvalue weighted by Crippen LogP contribution is 2.23. The van der Waals surface area contributed by atoms with Crippen LogP contribution >= 0.6 is 0 Å². The fourth-order valence-corrected chi connectivity index (χ4v) is 3.25. The second-order valence-electron chi connectivity index (χ2n) is 6.60. The van der Waals surface area contributed by atoms with Gasteiger partial charge < -0.3 is 14.7 Å². The molecule has 0 bridgehead atoms. The van der Waals surface area contributed by atoms with Crippen molar-refractivity contribution in [1.29, 1.82) is 0 Å². The monoisotopic (exact) mass is 347 g/mol. The van der Waals surface area contributed by atoms with Crippen LogP contribution in [0.5, 0.6) is 0 Å². The van der Waals surface area contributed by atoms with Crippen molar-refractivity contribution in [3.63, 3.8) is 0 Å². The molecule has 3 rings (SSSR count). The van der Waals surface area contributed by atoms with Crippen molar-refractivity contribution >= 4 is 0 Å². The third-order valence-corrected chi connectivity index (χ3v) is 4.59. The van der Waals surface area contributed by atoms with Gasteiger partial charge in [-0.2, -0.15) is 0 Å². The maximum Gasteiger partial charge on any atom is 0.131 e. The van der Waals surface area contributed by atoms with Crippen molar-refractivity contribution in [3.05, 3.63) is 71.3 Å². The molecule has 2 aromatic rings. The number of β-amino-alcohol motifs (C(OH)–C–C–N with tert-alkyl or cyclic N) is 1. The zero-order valence-corrected chi connectivity index (χ0v) is 14.1. The van der Waals surface area contributed by atoms with E-state index >= 15 is 0 Å². The molecule has 0 amide bonds. The van der Waals surface area contributed by atoms with Crippen LogP contribution in [-0.4, -0.2) is 36.2 Å². The molecule has 1 heterocycles. The van der Waals surface area contributed by atoms with Gasteiger partial charge in [-0.05, 0) is 30.5 Å². The molecular formula is C20H23F2NO2. The predicted molar refractivity (Wildman–Crippen MR) is 92.0 cm³/mol. The number of rotatable bonds is 7. The number of nitrogens with zero attached hydrogens (tertiary/aromatic N) is 1. The standard InChI is InChI=1S/C20H23F2NO2/c21-17-6-7-18(19(22)10-17)20(24)12-23-9-8-16(11-23)14-25-13-15-4-2-1-3-5-15/h1-7,10,16,20,24H,8-9,11-14H2. The lowest BCUT2D eigenvalue weighted by Gasteiger charge is -2.20. The summed E-state index contributed by atoms with van der Waals surface area (Å²) in [6.07, 6.45) is 0.0394. The Morgan fingerprint density at radius 2 is 1.96 bits per heavy atom. The Morgan fingerprint density at radius 1 is 1.16 bits per heavy atom. The van der Waals surface area contributed by atoms with Crippen LogP contribution in [0.15, 0.2) is 48.5 Å². The number of halogens is 2. The zero-order valence-electron chi connectivity index (χ0n) is 14.1. The van der Waals surface area contributed by atoms with Gasteiger partial charge in [0, 0.05) is 24.7 Å². The molecule has 0 aliphatic carbocycles. The van der Waals surface area contributed by atoms with Crippen LogP contribution in [0, 0.1) is 17.6 Å². The SMILES string of the molecule is OC(CN1CCC(COCc2ccccc2)C1)c1ccc(F)cc1F. The first-order chi connectivity index (χ1) is 12.1. The fraction of sp³-hybridized carbons (Fsp3) is 0.400. The molecule has 2 atom stereocenters. The lowest BCUT2D eigenvalue weighted by Crippen LogP contribution is -2.27. The van der Waals surface area contributed by atoms with Gasteiger partial charge in [0.25, 0.3) is 0 Å². The summed E-state index contributed by atoms with van der Waals surface area (Å²) >= 11 is 0. The highest BCUT2D eigenvalue weighted by atomic mass is 19.1. The summed E-state index contributed by atoms with van der Waals surface area (Å²) in [5.74, 6) is -0.923. The van der Waals surface area contributed by atoms with E-state index in [4.69, 9.17) is 4.74 Å². The maximum atomic E-state index is 13.7. The molecule has 3 nitrogen and oxygen atoms in total. The maximum absolute atomic E-state index is 13.7. The summed E-state index contributed by atoms with van der Waals surface area (Å²) in [5.41, 5.74) is 1.30. The van der Waals surface area contributed by atoms with Crippen LogP contribution in [0.25, 0.3) is 0 Å².